The second kappa shape index (κ2) is 8.55. The van der Waals surface area contributed by atoms with E-state index in [0.29, 0.717) is 5.56 Å². The number of hydrogen-bond donors (Lipinski definition) is 1. The summed E-state index contributed by atoms with van der Waals surface area (Å²) in [6, 6.07) is 19.4. The molecule has 32 heavy (non-hydrogen) atoms. The summed E-state index contributed by atoms with van der Waals surface area (Å²) in [5.74, 6) is -1.16. The SMILES string of the molecule is CN1CCN(c2ccc(Nc3ccnc4ccc(-c5c(F)cccc5F)cc34)cc2)CC1. The molecule has 0 radical (unpaired) electrons. The first-order chi connectivity index (χ1) is 15.6. The summed E-state index contributed by atoms with van der Waals surface area (Å²) >= 11 is 0. The van der Waals surface area contributed by atoms with Crippen molar-refractivity contribution in [2.45, 2.75) is 0 Å². The highest BCUT2D eigenvalue weighted by molar-refractivity contribution is 5.95. The molecule has 3 aromatic carbocycles. The molecule has 0 spiro atoms. The maximum Gasteiger partial charge on any atom is 0.133 e. The van der Waals surface area contributed by atoms with E-state index in [1.807, 2.05) is 6.07 Å². The first-order valence-corrected chi connectivity index (χ1v) is 10.7. The van der Waals surface area contributed by atoms with E-state index in [1.54, 1.807) is 24.4 Å². The highest BCUT2D eigenvalue weighted by Crippen LogP contribution is 2.32. The second-order valence-corrected chi connectivity index (χ2v) is 8.15. The number of pyridine rings is 1. The number of nitrogens with zero attached hydrogens (tertiary/aromatic N) is 3. The molecule has 2 heterocycles. The standard InChI is InChI=1S/C26H24F2N4/c1-31-13-15-32(16-14-31)20-8-6-19(7-9-20)30-25-11-12-29-24-10-5-18(17-21(24)25)26-22(27)3-2-4-23(26)28/h2-12,17H,13-16H2,1H3,(H,29,30). The number of halogens is 2. The van der Waals surface area contributed by atoms with Crippen LogP contribution in [0.4, 0.5) is 25.8 Å². The van der Waals surface area contributed by atoms with Crippen molar-refractivity contribution in [3.05, 3.63) is 84.6 Å². The second-order valence-electron chi connectivity index (χ2n) is 8.15. The number of aromatic nitrogens is 1. The van der Waals surface area contributed by atoms with Gasteiger partial charge >= 0.3 is 0 Å². The van der Waals surface area contributed by atoms with Gasteiger partial charge in [-0.2, -0.15) is 0 Å². The Morgan fingerprint density at radius 3 is 2.28 bits per heavy atom. The van der Waals surface area contributed by atoms with Gasteiger partial charge in [0.1, 0.15) is 11.6 Å². The van der Waals surface area contributed by atoms with Gasteiger partial charge in [0, 0.05) is 54.8 Å². The minimum absolute atomic E-state index is 0.0271. The zero-order valence-corrected chi connectivity index (χ0v) is 17.9. The van der Waals surface area contributed by atoms with E-state index in [9.17, 15) is 8.78 Å². The monoisotopic (exact) mass is 430 g/mol. The van der Waals surface area contributed by atoms with Crippen molar-refractivity contribution in [3.63, 3.8) is 0 Å². The molecule has 1 N–H and O–H groups in total. The van der Waals surface area contributed by atoms with E-state index in [-0.39, 0.29) is 5.56 Å². The van der Waals surface area contributed by atoms with Gasteiger partial charge in [0.2, 0.25) is 0 Å². The Morgan fingerprint density at radius 2 is 1.56 bits per heavy atom. The molecule has 0 bridgehead atoms. The lowest BCUT2D eigenvalue weighted by atomic mass is 10.0. The van der Waals surface area contributed by atoms with E-state index in [2.05, 4.69) is 51.4 Å². The number of benzene rings is 3. The Bertz CT molecular complexity index is 1230. The van der Waals surface area contributed by atoms with Crippen LogP contribution in [0.25, 0.3) is 22.0 Å². The van der Waals surface area contributed by atoms with Crippen LogP contribution in [-0.4, -0.2) is 43.1 Å². The summed E-state index contributed by atoms with van der Waals surface area (Å²) in [7, 11) is 2.15. The Balaban J connectivity index is 1.44. The molecular weight excluding hydrogens is 406 g/mol. The first-order valence-electron chi connectivity index (χ1n) is 10.7. The van der Waals surface area contributed by atoms with Gasteiger partial charge in [-0.15, -0.1) is 0 Å². The summed E-state index contributed by atoms with van der Waals surface area (Å²) in [6.45, 7) is 4.17. The van der Waals surface area contributed by atoms with Crippen LogP contribution in [0.1, 0.15) is 0 Å². The molecule has 4 nitrogen and oxygen atoms in total. The van der Waals surface area contributed by atoms with Crippen molar-refractivity contribution in [1.29, 1.82) is 0 Å². The number of piperazine rings is 1. The van der Waals surface area contributed by atoms with Gasteiger partial charge in [-0.1, -0.05) is 12.1 Å². The summed E-state index contributed by atoms with van der Waals surface area (Å²) in [5, 5.41) is 4.24. The van der Waals surface area contributed by atoms with Crippen molar-refractivity contribution in [2.75, 3.05) is 43.4 Å². The number of nitrogens with one attached hydrogen (secondary N) is 1. The molecule has 1 aromatic heterocycles. The van der Waals surface area contributed by atoms with Gasteiger partial charge < -0.3 is 15.1 Å². The predicted octanol–water partition coefficient (Wildman–Crippen LogP) is 5.68. The van der Waals surface area contributed by atoms with Crippen molar-refractivity contribution < 1.29 is 8.78 Å². The molecule has 1 aliphatic heterocycles. The van der Waals surface area contributed by atoms with E-state index in [0.717, 1.165) is 48.5 Å². The average Bonchev–Trinajstić information content (AvgIpc) is 2.80. The Morgan fingerprint density at radius 1 is 0.844 bits per heavy atom. The van der Waals surface area contributed by atoms with Gasteiger partial charge in [0.05, 0.1) is 11.1 Å². The van der Waals surface area contributed by atoms with Crippen LogP contribution in [0.3, 0.4) is 0 Å². The topological polar surface area (TPSA) is 31.4 Å². The zero-order valence-electron chi connectivity index (χ0n) is 17.9. The van der Waals surface area contributed by atoms with Crippen LogP contribution in [0.2, 0.25) is 0 Å². The van der Waals surface area contributed by atoms with Crippen LogP contribution in [0.15, 0.2) is 72.9 Å². The largest absolute Gasteiger partial charge is 0.369 e. The van der Waals surface area contributed by atoms with Crippen LogP contribution in [0, 0.1) is 11.6 Å². The van der Waals surface area contributed by atoms with Crippen LogP contribution in [-0.2, 0) is 0 Å². The fraction of sp³-hybridized carbons (Fsp3) is 0.192. The smallest absolute Gasteiger partial charge is 0.133 e. The van der Waals surface area contributed by atoms with Crippen molar-refractivity contribution in [2.24, 2.45) is 0 Å². The molecule has 0 amide bonds. The quantitative estimate of drug-likeness (QED) is 0.452. The van der Waals surface area contributed by atoms with Gasteiger partial charge in [0.25, 0.3) is 0 Å². The fourth-order valence-electron chi connectivity index (χ4n) is 4.16. The van der Waals surface area contributed by atoms with Crippen LogP contribution < -0.4 is 10.2 Å². The first kappa shape index (κ1) is 20.4. The summed E-state index contributed by atoms with van der Waals surface area (Å²) in [6.07, 6.45) is 1.73. The lowest BCUT2D eigenvalue weighted by Gasteiger charge is -2.34. The molecule has 5 rings (SSSR count). The summed E-state index contributed by atoms with van der Waals surface area (Å²) in [4.78, 5) is 9.13. The summed E-state index contributed by atoms with van der Waals surface area (Å²) in [5.41, 5.74) is 4.19. The molecule has 6 heteroatoms. The lowest BCUT2D eigenvalue weighted by Crippen LogP contribution is -2.44. The molecule has 0 aliphatic carbocycles. The summed E-state index contributed by atoms with van der Waals surface area (Å²) < 4.78 is 28.6. The maximum atomic E-state index is 14.3. The maximum absolute atomic E-state index is 14.3. The lowest BCUT2D eigenvalue weighted by molar-refractivity contribution is 0.313. The predicted molar refractivity (Wildman–Crippen MR) is 127 cm³/mol. The molecule has 162 valence electrons. The number of hydrogen-bond acceptors (Lipinski definition) is 4. The molecule has 0 atom stereocenters. The third kappa shape index (κ3) is 4.01. The normalized spacial score (nSPS) is 14.7. The van der Waals surface area contributed by atoms with E-state index >= 15 is 0 Å². The van der Waals surface area contributed by atoms with E-state index < -0.39 is 11.6 Å². The molecule has 1 saturated heterocycles. The van der Waals surface area contributed by atoms with Crippen molar-refractivity contribution in [3.8, 4) is 11.1 Å². The number of anilines is 3. The van der Waals surface area contributed by atoms with Crippen molar-refractivity contribution >= 4 is 28.0 Å². The third-order valence-electron chi connectivity index (χ3n) is 6.01. The fourth-order valence-corrected chi connectivity index (χ4v) is 4.16. The minimum Gasteiger partial charge on any atom is -0.369 e. The highest BCUT2D eigenvalue weighted by atomic mass is 19.1. The molecule has 4 aromatic rings. The minimum atomic E-state index is -0.581. The number of likely N-dealkylation sites (N-methyl/N-ethyl adjacent to an activating group) is 1. The number of fused-ring (bicyclic) bond motifs is 1. The molecule has 1 fully saturated rings. The molecule has 1 aliphatic rings. The Labute approximate surface area is 186 Å². The van der Waals surface area contributed by atoms with Gasteiger partial charge in [-0.25, -0.2) is 8.78 Å². The molecule has 0 unspecified atom stereocenters. The number of rotatable bonds is 4. The van der Waals surface area contributed by atoms with E-state index in [1.165, 1.54) is 23.9 Å². The Hall–Kier alpha value is -3.51. The van der Waals surface area contributed by atoms with Gasteiger partial charge in [0.15, 0.2) is 0 Å². The van der Waals surface area contributed by atoms with Crippen LogP contribution in [0.5, 0.6) is 0 Å². The Kier molecular flexibility index (Phi) is 5.45. The highest BCUT2D eigenvalue weighted by Gasteiger charge is 2.15. The van der Waals surface area contributed by atoms with E-state index in [4.69, 9.17) is 0 Å². The van der Waals surface area contributed by atoms with Crippen molar-refractivity contribution in [1.82, 2.24) is 9.88 Å². The average molecular weight is 431 g/mol. The molecular formula is C26H24F2N4. The van der Waals surface area contributed by atoms with Gasteiger partial charge in [-0.05, 0) is 67.2 Å². The third-order valence-corrected chi connectivity index (χ3v) is 6.01. The zero-order chi connectivity index (χ0) is 22.1. The van der Waals surface area contributed by atoms with Crippen LogP contribution >= 0.6 is 0 Å². The molecule has 0 saturated carbocycles. The van der Waals surface area contributed by atoms with Gasteiger partial charge in [-0.3, -0.25) is 4.98 Å².